The van der Waals surface area contributed by atoms with E-state index in [1.807, 2.05) is 37.3 Å². The van der Waals surface area contributed by atoms with Crippen molar-refractivity contribution < 1.29 is 9.53 Å². The SMILES string of the molecule is CCOC(=O)C1=C(C)CC(N)=C(C#N)C1c1ccccc1. The van der Waals surface area contributed by atoms with E-state index < -0.39 is 5.92 Å². The number of rotatable bonds is 3. The third-order valence-electron chi connectivity index (χ3n) is 3.59. The number of nitrogens with two attached hydrogens (primary N) is 1. The van der Waals surface area contributed by atoms with E-state index in [1.165, 1.54) is 0 Å². The molecular weight excluding hydrogens is 264 g/mol. The second-order valence-corrected chi connectivity index (χ2v) is 4.99. The zero-order valence-corrected chi connectivity index (χ0v) is 12.2. The summed E-state index contributed by atoms with van der Waals surface area (Å²) in [5.74, 6) is -0.812. The predicted molar refractivity (Wildman–Crippen MR) is 80.0 cm³/mol. The maximum Gasteiger partial charge on any atom is 0.334 e. The van der Waals surface area contributed by atoms with Crippen LogP contribution in [0.15, 0.2) is 52.7 Å². The number of hydrogen-bond donors (Lipinski definition) is 1. The summed E-state index contributed by atoms with van der Waals surface area (Å²) in [5, 5.41) is 9.45. The first kappa shape index (κ1) is 14.9. The molecule has 108 valence electrons. The van der Waals surface area contributed by atoms with E-state index in [2.05, 4.69) is 6.07 Å². The van der Waals surface area contributed by atoms with Gasteiger partial charge in [0, 0.05) is 17.7 Å². The molecule has 0 saturated carbocycles. The van der Waals surface area contributed by atoms with Gasteiger partial charge in [0.15, 0.2) is 0 Å². The number of carbonyl (C=O) groups is 1. The van der Waals surface area contributed by atoms with Crippen LogP contribution in [0.2, 0.25) is 0 Å². The van der Waals surface area contributed by atoms with E-state index in [0.717, 1.165) is 11.1 Å². The molecule has 0 spiro atoms. The van der Waals surface area contributed by atoms with Gasteiger partial charge in [-0.15, -0.1) is 0 Å². The Hall–Kier alpha value is -2.54. The average molecular weight is 282 g/mol. The van der Waals surface area contributed by atoms with Crippen molar-refractivity contribution >= 4 is 5.97 Å². The molecule has 0 saturated heterocycles. The minimum Gasteiger partial charge on any atom is -0.463 e. The minimum absolute atomic E-state index is 0.304. The smallest absolute Gasteiger partial charge is 0.334 e. The summed E-state index contributed by atoms with van der Waals surface area (Å²) in [6, 6.07) is 11.6. The summed E-state index contributed by atoms with van der Waals surface area (Å²) in [5.41, 5.74) is 9.25. The minimum atomic E-state index is -0.441. The number of carbonyl (C=O) groups excluding carboxylic acids is 1. The quantitative estimate of drug-likeness (QED) is 0.865. The first-order valence-electron chi connectivity index (χ1n) is 6.90. The van der Waals surface area contributed by atoms with Gasteiger partial charge in [-0.1, -0.05) is 35.9 Å². The molecule has 0 aliphatic heterocycles. The molecule has 2 N–H and O–H groups in total. The molecule has 1 aromatic carbocycles. The van der Waals surface area contributed by atoms with Crippen LogP contribution in [0.5, 0.6) is 0 Å². The molecule has 0 radical (unpaired) electrons. The normalized spacial score (nSPS) is 18.4. The number of hydrogen-bond acceptors (Lipinski definition) is 4. The molecule has 0 fully saturated rings. The van der Waals surface area contributed by atoms with Crippen molar-refractivity contribution in [1.29, 1.82) is 5.26 Å². The van der Waals surface area contributed by atoms with Gasteiger partial charge in [-0.3, -0.25) is 0 Å². The number of esters is 1. The second kappa shape index (κ2) is 6.27. The van der Waals surface area contributed by atoms with E-state index in [9.17, 15) is 10.1 Å². The predicted octanol–water partition coefficient (Wildman–Crippen LogP) is 2.79. The third kappa shape index (κ3) is 2.82. The van der Waals surface area contributed by atoms with Gasteiger partial charge in [0.1, 0.15) is 0 Å². The Bertz CT molecular complexity index is 651. The molecule has 0 amide bonds. The van der Waals surface area contributed by atoms with Crippen molar-refractivity contribution in [3.63, 3.8) is 0 Å². The average Bonchev–Trinajstić information content (AvgIpc) is 2.47. The van der Waals surface area contributed by atoms with Gasteiger partial charge in [0.25, 0.3) is 0 Å². The Morgan fingerprint density at radius 1 is 1.43 bits per heavy atom. The lowest BCUT2D eigenvalue weighted by Gasteiger charge is -2.27. The molecule has 2 rings (SSSR count). The fourth-order valence-corrected chi connectivity index (χ4v) is 2.67. The molecule has 4 nitrogen and oxygen atoms in total. The molecular formula is C17H18N2O2. The third-order valence-corrected chi connectivity index (χ3v) is 3.59. The highest BCUT2D eigenvalue weighted by Gasteiger charge is 2.34. The number of nitrogens with zero attached hydrogens (tertiary/aromatic N) is 1. The zero-order chi connectivity index (χ0) is 15.4. The van der Waals surface area contributed by atoms with Crippen LogP contribution in [0.4, 0.5) is 0 Å². The molecule has 1 aromatic rings. The number of ether oxygens (including phenoxy) is 1. The zero-order valence-electron chi connectivity index (χ0n) is 12.2. The fourth-order valence-electron chi connectivity index (χ4n) is 2.67. The highest BCUT2D eigenvalue weighted by Crippen LogP contribution is 2.40. The lowest BCUT2D eigenvalue weighted by atomic mass is 9.77. The van der Waals surface area contributed by atoms with E-state index in [-0.39, 0.29) is 5.97 Å². The first-order valence-corrected chi connectivity index (χ1v) is 6.90. The van der Waals surface area contributed by atoms with Crippen LogP contribution in [-0.2, 0) is 9.53 Å². The largest absolute Gasteiger partial charge is 0.463 e. The Labute approximate surface area is 124 Å². The monoisotopic (exact) mass is 282 g/mol. The van der Waals surface area contributed by atoms with Crippen molar-refractivity contribution in [2.75, 3.05) is 6.61 Å². The molecule has 1 aliphatic rings. The molecule has 1 atom stereocenters. The molecule has 0 aromatic heterocycles. The van der Waals surface area contributed by atoms with E-state index in [0.29, 0.717) is 29.9 Å². The van der Waals surface area contributed by atoms with Gasteiger partial charge in [-0.05, 0) is 19.4 Å². The van der Waals surface area contributed by atoms with Crippen molar-refractivity contribution in [2.24, 2.45) is 5.73 Å². The Balaban J connectivity index is 2.58. The van der Waals surface area contributed by atoms with E-state index >= 15 is 0 Å². The van der Waals surface area contributed by atoms with Crippen LogP contribution < -0.4 is 5.73 Å². The Morgan fingerprint density at radius 2 is 2.10 bits per heavy atom. The summed E-state index contributed by atoms with van der Waals surface area (Å²) >= 11 is 0. The first-order chi connectivity index (χ1) is 10.1. The van der Waals surface area contributed by atoms with Crippen LogP contribution >= 0.6 is 0 Å². The van der Waals surface area contributed by atoms with Crippen LogP contribution in [0.25, 0.3) is 0 Å². The summed E-state index contributed by atoms with van der Waals surface area (Å²) < 4.78 is 5.16. The summed E-state index contributed by atoms with van der Waals surface area (Å²) in [6.07, 6.45) is 0.431. The lowest BCUT2D eigenvalue weighted by Crippen LogP contribution is -2.24. The number of nitriles is 1. The highest BCUT2D eigenvalue weighted by atomic mass is 16.5. The van der Waals surface area contributed by atoms with Crippen LogP contribution in [0.1, 0.15) is 31.7 Å². The maximum absolute atomic E-state index is 12.3. The maximum atomic E-state index is 12.3. The van der Waals surface area contributed by atoms with Crippen molar-refractivity contribution in [3.8, 4) is 6.07 Å². The number of allylic oxidation sites excluding steroid dienone is 2. The molecule has 0 heterocycles. The summed E-state index contributed by atoms with van der Waals surface area (Å²) in [7, 11) is 0. The standard InChI is InChI=1S/C17H18N2O2/c1-3-21-17(20)15-11(2)9-14(19)13(10-18)16(15)12-7-5-4-6-8-12/h4-8,16H,3,9,19H2,1-2H3. The van der Waals surface area contributed by atoms with Crippen molar-refractivity contribution in [2.45, 2.75) is 26.2 Å². The lowest BCUT2D eigenvalue weighted by molar-refractivity contribution is -0.138. The van der Waals surface area contributed by atoms with E-state index in [1.54, 1.807) is 6.92 Å². The van der Waals surface area contributed by atoms with Gasteiger partial charge in [-0.25, -0.2) is 4.79 Å². The molecule has 4 heteroatoms. The Kier molecular flexibility index (Phi) is 4.44. The van der Waals surface area contributed by atoms with Crippen molar-refractivity contribution in [1.82, 2.24) is 0 Å². The molecule has 21 heavy (non-hydrogen) atoms. The van der Waals surface area contributed by atoms with Crippen LogP contribution in [0.3, 0.4) is 0 Å². The van der Waals surface area contributed by atoms with E-state index in [4.69, 9.17) is 10.5 Å². The number of benzene rings is 1. The summed E-state index contributed by atoms with van der Waals surface area (Å²) in [4.78, 5) is 12.3. The van der Waals surface area contributed by atoms with Gasteiger partial charge in [0.05, 0.1) is 24.2 Å². The molecule has 1 unspecified atom stereocenters. The van der Waals surface area contributed by atoms with Crippen LogP contribution in [0, 0.1) is 11.3 Å². The van der Waals surface area contributed by atoms with Gasteiger partial charge in [-0.2, -0.15) is 5.26 Å². The van der Waals surface area contributed by atoms with Crippen LogP contribution in [-0.4, -0.2) is 12.6 Å². The summed E-state index contributed by atoms with van der Waals surface area (Å²) in [6.45, 7) is 3.94. The molecule has 1 aliphatic carbocycles. The Morgan fingerprint density at radius 3 is 2.67 bits per heavy atom. The highest BCUT2D eigenvalue weighted by molar-refractivity contribution is 5.93. The molecule has 0 bridgehead atoms. The van der Waals surface area contributed by atoms with Crippen molar-refractivity contribution in [3.05, 3.63) is 58.3 Å². The van der Waals surface area contributed by atoms with Gasteiger partial charge in [0.2, 0.25) is 0 Å². The fraction of sp³-hybridized carbons (Fsp3) is 0.294. The van der Waals surface area contributed by atoms with Gasteiger partial charge < -0.3 is 10.5 Å². The topological polar surface area (TPSA) is 76.1 Å². The second-order valence-electron chi connectivity index (χ2n) is 4.99. The van der Waals surface area contributed by atoms with Gasteiger partial charge >= 0.3 is 5.97 Å².